The molecule has 0 amide bonds. The highest BCUT2D eigenvalue weighted by molar-refractivity contribution is 9.10. The zero-order chi connectivity index (χ0) is 17.9. The number of halogens is 1. The zero-order valence-corrected chi connectivity index (χ0v) is 16.6. The molecule has 2 aromatic carbocycles. The summed E-state index contributed by atoms with van der Waals surface area (Å²) in [5.74, 6) is 1.45. The van der Waals surface area contributed by atoms with E-state index in [-0.39, 0.29) is 6.10 Å². The fourth-order valence-electron chi connectivity index (χ4n) is 3.74. The number of fused-ring (bicyclic) bond motifs is 1. The van der Waals surface area contributed by atoms with Gasteiger partial charge in [0.15, 0.2) is 0 Å². The number of imidazole rings is 1. The first kappa shape index (κ1) is 17.7. The molecule has 2 unspecified atom stereocenters. The summed E-state index contributed by atoms with van der Waals surface area (Å²) in [5, 5.41) is 0. The van der Waals surface area contributed by atoms with Crippen molar-refractivity contribution in [3.63, 3.8) is 0 Å². The van der Waals surface area contributed by atoms with Crippen LogP contribution >= 0.6 is 15.9 Å². The molecule has 0 aliphatic carbocycles. The summed E-state index contributed by atoms with van der Waals surface area (Å²) in [7, 11) is 2.19. The van der Waals surface area contributed by atoms with Gasteiger partial charge in [0.25, 0.3) is 0 Å². The van der Waals surface area contributed by atoms with Crippen LogP contribution in [0, 0.1) is 5.92 Å². The first-order valence-electron chi connectivity index (χ1n) is 9.19. The lowest BCUT2D eigenvalue weighted by Crippen LogP contribution is -2.34. The van der Waals surface area contributed by atoms with Crippen molar-refractivity contribution in [3.8, 4) is 0 Å². The van der Waals surface area contributed by atoms with Crippen LogP contribution in [0.4, 0.5) is 0 Å². The number of hydrogen-bond acceptors (Lipinski definition) is 3. The maximum Gasteiger partial charge on any atom is 0.141 e. The van der Waals surface area contributed by atoms with Gasteiger partial charge in [0.2, 0.25) is 0 Å². The van der Waals surface area contributed by atoms with Crippen LogP contribution in [0.5, 0.6) is 0 Å². The van der Waals surface area contributed by atoms with Gasteiger partial charge in [-0.15, -0.1) is 0 Å². The number of benzene rings is 2. The standard InChI is InChI=1S/C21H24BrN3O/c1-25-11-5-6-15(13-25)14-26-20(16-7-4-8-17(22)12-16)21-23-18-9-2-3-10-19(18)24-21/h2-4,7-10,12,15,20H,5-6,11,13-14H2,1H3,(H,23,24). The quantitative estimate of drug-likeness (QED) is 0.654. The Hall–Kier alpha value is -1.69. The summed E-state index contributed by atoms with van der Waals surface area (Å²) < 4.78 is 7.50. The average Bonchev–Trinajstić information content (AvgIpc) is 3.06. The third-order valence-corrected chi connectivity index (χ3v) is 5.52. The van der Waals surface area contributed by atoms with E-state index in [0.29, 0.717) is 5.92 Å². The van der Waals surface area contributed by atoms with Crippen LogP contribution in [0.2, 0.25) is 0 Å². The monoisotopic (exact) mass is 413 g/mol. The van der Waals surface area contributed by atoms with Crippen molar-refractivity contribution >= 4 is 27.0 Å². The van der Waals surface area contributed by atoms with E-state index in [0.717, 1.165) is 40.0 Å². The topological polar surface area (TPSA) is 41.1 Å². The minimum Gasteiger partial charge on any atom is -0.365 e. The minimum absolute atomic E-state index is 0.188. The van der Waals surface area contributed by atoms with Gasteiger partial charge in [0.05, 0.1) is 17.6 Å². The number of para-hydroxylation sites is 2. The summed E-state index contributed by atoms with van der Waals surface area (Å²) in [6.07, 6.45) is 2.29. The van der Waals surface area contributed by atoms with E-state index < -0.39 is 0 Å². The van der Waals surface area contributed by atoms with Crippen molar-refractivity contribution in [2.45, 2.75) is 18.9 Å². The Labute approximate surface area is 162 Å². The molecule has 2 heterocycles. The van der Waals surface area contributed by atoms with E-state index in [4.69, 9.17) is 9.72 Å². The molecule has 4 rings (SSSR count). The predicted octanol–water partition coefficient (Wildman–Crippen LogP) is 4.77. The van der Waals surface area contributed by atoms with Crippen molar-refractivity contribution in [3.05, 3.63) is 64.4 Å². The molecule has 136 valence electrons. The van der Waals surface area contributed by atoms with Crippen molar-refractivity contribution in [1.82, 2.24) is 14.9 Å². The van der Waals surface area contributed by atoms with Crippen LogP contribution in [0.3, 0.4) is 0 Å². The van der Waals surface area contributed by atoms with Crippen LogP contribution in [-0.4, -0.2) is 41.6 Å². The summed E-state index contributed by atoms with van der Waals surface area (Å²) in [5.41, 5.74) is 3.13. The number of nitrogens with zero attached hydrogens (tertiary/aromatic N) is 2. The van der Waals surface area contributed by atoms with Crippen molar-refractivity contribution in [1.29, 1.82) is 0 Å². The van der Waals surface area contributed by atoms with E-state index in [2.05, 4.69) is 51.1 Å². The molecule has 2 atom stereocenters. The zero-order valence-electron chi connectivity index (χ0n) is 15.0. The summed E-state index contributed by atoms with van der Waals surface area (Å²) in [6.45, 7) is 3.04. The summed E-state index contributed by atoms with van der Waals surface area (Å²) in [6, 6.07) is 16.4. The largest absolute Gasteiger partial charge is 0.365 e. The maximum atomic E-state index is 6.45. The lowest BCUT2D eigenvalue weighted by atomic mass is 9.99. The number of aromatic amines is 1. The molecule has 3 aromatic rings. The second-order valence-corrected chi connectivity index (χ2v) is 8.09. The molecule has 5 heteroatoms. The number of nitrogens with one attached hydrogen (secondary N) is 1. The first-order valence-corrected chi connectivity index (χ1v) is 9.98. The third kappa shape index (κ3) is 4.00. The fourth-order valence-corrected chi connectivity index (χ4v) is 4.16. The van der Waals surface area contributed by atoms with Gasteiger partial charge in [-0.05, 0) is 62.2 Å². The van der Waals surface area contributed by atoms with Gasteiger partial charge in [-0.25, -0.2) is 4.98 Å². The molecule has 0 bridgehead atoms. The Bertz CT molecular complexity index is 845. The maximum absolute atomic E-state index is 6.45. The Morgan fingerprint density at radius 1 is 1.27 bits per heavy atom. The van der Waals surface area contributed by atoms with Gasteiger partial charge in [-0.3, -0.25) is 0 Å². The summed E-state index contributed by atoms with van der Waals surface area (Å²) in [4.78, 5) is 10.6. The third-order valence-electron chi connectivity index (χ3n) is 5.03. The van der Waals surface area contributed by atoms with E-state index in [1.54, 1.807) is 0 Å². The van der Waals surface area contributed by atoms with Gasteiger partial charge in [0.1, 0.15) is 11.9 Å². The van der Waals surface area contributed by atoms with Crippen LogP contribution in [0.15, 0.2) is 53.0 Å². The minimum atomic E-state index is -0.188. The second kappa shape index (κ2) is 7.91. The molecule has 1 fully saturated rings. The SMILES string of the molecule is CN1CCCC(COC(c2cccc(Br)c2)c2nc3ccccc3[nH]2)C1. The molecular weight excluding hydrogens is 390 g/mol. The molecule has 0 radical (unpaired) electrons. The molecule has 4 nitrogen and oxygen atoms in total. The van der Waals surface area contributed by atoms with Crippen LogP contribution in [0.1, 0.15) is 30.3 Å². The molecule has 1 aliphatic heterocycles. The van der Waals surface area contributed by atoms with Gasteiger partial charge < -0.3 is 14.6 Å². The Kier molecular flexibility index (Phi) is 5.38. The Morgan fingerprint density at radius 2 is 2.15 bits per heavy atom. The number of ether oxygens (including phenoxy) is 1. The molecule has 1 aliphatic rings. The molecular formula is C21H24BrN3O. The number of H-pyrrole nitrogens is 1. The highest BCUT2D eigenvalue weighted by Gasteiger charge is 2.23. The molecule has 0 saturated carbocycles. The van der Waals surface area contributed by atoms with E-state index >= 15 is 0 Å². The number of rotatable bonds is 5. The van der Waals surface area contributed by atoms with Gasteiger partial charge >= 0.3 is 0 Å². The van der Waals surface area contributed by atoms with E-state index in [1.165, 1.54) is 19.4 Å². The molecule has 26 heavy (non-hydrogen) atoms. The van der Waals surface area contributed by atoms with Crippen LogP contribution in [-0.2, 0) is 4.74 Å². The lowest BCUT2D eigenvalue weighted by Gasteiger charge is -2.30. The Balaban J connectivity index is 1.60. The highest BCUT2D eigenvalue weighted by Crippen LogP contribution is 2.29. The fraction of sp³-hybridized carbons (Fsp3) is 0.381. The number of likely N-dealkylation sites (tertiary alicyclic amines) is 1. The number of hydrogen-bond donors (Lipinski definition) is 1. The van der Waals surface area contributed by atoms with Gasteiger partial charge in [-0.1, -0.05) is 40.2 Å². The van der Waals surface area contributed by atoms with Gasteiger partial charge in [-0.2, -0.15) is 0 Å². The van der Waals surface area contributed by atoms with Crippen molar-refractivity contribution in [2.75, 3.05) is 26.7 Å². The first-order chi connectivity index (χ1) is 12.7. The number of aromatic nitrogens is 2. The summed E-state index contributed by atoms with van der Waals surface area (Å²) >= 11 is 3.58. The molecule has 1 N–H and O–H groups in total. The van der Waals surface area contributed by atoms with Gasteiger partial charge in [0, 0.05) is 11.0 Å². The average molecular weight is 414 g/mol. The molecule has 0 spiro atoms. The van der Waals surface area contributed by atoms with Crippen LogP contribution in [0.25, 0.3) is 11.0 Å². The molecule has 1 aromatic heterocycles. The highest BCUT2D eigenvalue weighted by atomic mass is 79.9. The number of piperidine rings is 1. The second-order valence-electron chi connectivity index (χ2n) is 7.18. The van der Waals surface area contributed by atoms with Crippen molar-refractivity contribution < 1.29 is 4.74 Å². The van der Waals surface area contributed by atoms with Crippen LogP contribution < -0.4 is 0 Å². The molecule has 1 saturated heterocycles. The smallest absolute Gasteiger partial charge is 0.141 e. The van der Waals surface area contributed by atoms with E-state index in [9.17, 15) is 0 Å². The Morgan fingerprint density at radius 3 is 2.96 bits per heavy atom. The van der Waals surface area contributed by atoms with E-state index in [1.807, 2.05) is 30.3 Å². The lowest BCUT2D eigenvalue weighted by molar-refractivity contribution is 0.0272. The normalized spacial score (nSPS) is 19.7. The van der Waals surface area contributed by atoms with Crippen molar-refractivity contribution in [2.24, 2.45) is 5.92 Å². The predicted molar refractivity (Wildman–Crippen MR) is 108 cm³/mol.